The third-order valence-corrected chi connectivity index (χ3v) is 2.93. The number of Topliss-reactive ketones (excluding diaryl/α,β-unsaturated/α-hetero) is 1. The lowest BCUT2D eigenvalue weighted by atomic mass is 10.2. The minimum Gasteiger partial charge on any atom is -0.497 e. The predicted molar refractivity (Wildman–Crippen MR) is 70.2 cm³/mol. The van der Waals surface area contributed by atoms with Gasteiger partial charge in [-0.25, -0.2) is 4.68 Å². The Hall–Kier alpha value is -1.90. The number of carbonyl (C=O) groups excluding carboxylic acids is 1. The monoisotopic (exact) mass is 363 g/mol. The molecule has 0 atom stereocenters. The fourth-order valence-electron chi connectivity index (χ4n) is 1.62. The number of aromatic nitrogens is 3. The van der Waals surface area contributed by atoms with Crippen molar-refractivity contribution >= 4 is 21.7 Å². The largest absolute Gasteiger partial charge is 0.497 e. The highest BCUT2D eigenvalue weighted by molar-refractivity contribution is 9.10. The molecule has 112 valence electrons. The van der Waals surface area contributed by atoms with Crippen LogP contribution in [0.1, 0.15) is 16.2 Å². The fourth-order valence-corrected chi connectivity index (χ4v) is 1.98. The Morgan fingerprint density at radius 2 is 1.95 bits per heavy atom. The molecule has 0 aliphatic carbocycles. The summed E-state index contributed by atoms with van der Waals surface area (Å²) >= 11 is 2.87. The molecule has 0 bridgehead atoms. The van der Waals surface area contributed by atoms with Crippen molar-refractivity contribution in [1.82, 2.24) is 14.8 Å². The molecule has 1 aromatic carbocycles. The number of rotatable bonds is 4. The molecule has 5 nitrogen and oxygen atoms in total. The lowest BCUT2D eigenvalue weighted by Gasteiger charge is -2.08. The number of methoxy groups -OCH3 is 1. The van der Waals surface area contributed by atoms with Gasteiger partial charge in [-0.05, 0) is 33.6 Å². The van der Waals surface area contributed by atoms with Gasteiger partial charge in [0.2, 0.25) is 10.6 Å². The van der Waals surface area contributed by atoms with E-state index in [1.165, 1.54) is 7.11 Å². The van der Waals surface area contributed by atoms with Gasteiger partial charge in [0.05, 0.1) is 13.7 Å². The summed E-state index contributed by atoms with van der Waals surface area (Å²) in [6, 6.07) is 6.64. The van der Waals surface area contributed by atoms with Crippen LogP contribution in [-0.2, 0) is 6.54 Å². The van der Waals surface area contributed by atoms with Gasteiger partial charge in [0.15, 0.2) is 0 Å². The smallest absolute Gasteiger partial charge is 0.458 e. The van der Waals surface area contributed by atoms with E-state index in [1.54, 1.807) is 24.3 Å². The van der Waals surface area contributed by atoms with Crippen molar-refractivity contribution in [2.24, 2.45) is 0 Å². The molecule has 0 radical (unpaired) electrons. The van der Waals surface area contributed by atoms with Gasteiger partial charge in [-0.2, -0.15) is 18.2 Å². The second-order valence-electron chi connectivity index (χ2n) is 4.04. The Labute approximate surface area is 125 Å². The van der Waals surface area contributed by atoms with E-state index < -0.39 is 17.8 Å². The summed E-state index contributed by atoms with van der Waals surface area (Å²) in [6.45, 7) is -0.0141. The van der Waals surface area contributed by atoms with Crippen LogP contribution in [0.3, 0.4) is 0 Å². The molecule has 0 fully saturated rings. The molecule has 0 amide bonds. The summed E-state index contributed by atoms with van der Waals surface area (Å²) in [4.78, 5) is 14.8. The minimum atomic E-state index is -5.00. The highest BCUT2D eigenvalue weighted by Crippen LogP contribution is 2.22. The van der Waals surface area contributed by atoms with Crippen molar-refractivity contribution in [1.29, 1.82) is 0 Å². The Bertz CT molecular complexity index is 653. The van der Waals surface area contributed by atoms with Crippen molar-refractivity contribution < 1.29 is 22.7 Å². The normalized spacial score (nSPS) is 11.5. The summed E-state index contributed by atoms with van der Waals surface area (Å²) in [5.74, 6) is -2.18. The lowest BCUT2D eigenvalue weighted by Crippen LogP contribution is -2.27. The number of benzene rings is 1. The van der Waals surface area contributed by atoms with Crippen molar-refractivity contribution in [3.05, 3.63) is 40.4 Å². The van der Waals surface area contributed by atoms with Crippen molar-refractivity contribution in [2.45, 2.75) is 12.7 Å². The van der Waals surface area contributed by atoms with Crippen LogP contribution in [0.15, 0.2) is 29.0 Å². The topological polar surface area (TPSA) is 57.0 Å². The number of hydrogen-bond donors (Lipinski definition) is 0. The maximum Gasteiger partial charge on any atom is 0.458 e. The first kappa shape index (κ1) is 15.5. The number of alkyl halides is 3. The molecular weight excluding hydrogens is 355 g/mol. The van der Waals surface area contributed by atoms with E-state index in [0.717, 1.165) is 4.68 Å². The maximum atomic E-state index is 12.5. The number of ketones is 1. The predicted octanol–water partition coefficient (Wildman–Crippen LogP) is 2.84. The van der Waals surface area contributed by atoms with E-state index >= 15 is 0 Å². The van der Waals surface area contributed by atoms with Crippen LogP contribution in [-0.4, -0.2) is 33.8 Å². The number of carbonyl (C=O) groups is 1. The first-order chi connectivity index (χ1) is 9.81. The van der Waals surface area contributed by atoms with E-state index in [9.17, 15) is 18.0 Å². The molecule has 1 aromatic heterocycles. The molecular formula is C12H9BrF3N3O2. The summed E-state index contributed by atoms with van der Waals surface area (Å²) in [5.41, 5.74) is 0.657. The zero-order valence-electron chi connectivity index (χ0n) is 10.7. The molecule has 0 N–H and O–H groups in total. The maximum absolute atomic E-state index is 12.5. The Morgan fingerprint density at radius 1 is 1.33 bits per heavy atom. The highest BCUT2D eigenvalue weighted by atomic mass is 79.9. The molecule has 2 rings (SSSR count). The summed E-state index contributed by atoms with van der Waals surface area (Å²) in [7, 11) is 1.50. The minimum absolute atomic E-state index is 0.0141. The van der Waals surface area contributed by atoms with Gasteiger partial charge < -0.3 is 4.74 Å². The van der Waals surface area contributed by atoms with E-state index in [4.69, 9.17) is 4.74 Å². The van der Waals surface area contributed by atoms with E-state index in [2.05, 4.69) is 26.0 Å². The molecule has 0 aliphatic rings. The van der Waals surface area contributed by atoms with Crippen molar-refractivity contribution in [3.8, 4) is 5.75 Å². The van der Waals surface area contributed by atoms with Gasteiger partial charge in [0.25, 0.3) is 0 Å². The summed E-state index contributed by atoms with van der Waals surface area (Å²) < 4.78 is 43.3. The molecule has 9 heteroatoms. The van der Waals surface area contributed by atoms with Gasteiger partial charge in [-0.3, -0.25) is 4.79 Å². The molecule has 0 saturated heterocycles. The molecule has 0 spiro atoms. The molecule has 0 unspecified atom stereocenters. The van der Waals surface area contributed by atoms with Crippen LogP contribution < -0.4 is 4.74 Å². The van der Waals surface area contributed by atoms with E-state index in [-0.39, 0.29) is 11.3 Å². The molecule has 0 saturated carbocycles. The van der Waals surface area contributed by atoms with Crippen LogP contribution in [0.4, 0.5) is 13.2 Å². The highest BCUT2D eigenvalue weighted by Gasteiger charge is 2.42. The molecule has 0 aliphatic heterocycles. The Kier molecular flexibility index (Phi) is 4.31. The van der Waals surface area contributed by atoms with Crippen LogP contribution in [0, 0.1) is 0 Å². The molecule has 1 heterocycles. The van der Waals surface area contributed by atoms with E-state index in [0.29, 0.717) is 11.3 Å². The first-order valence-corrected chi connectivity index (χ1v) is 6.45. The summed E-state index contributed by atoms with van der Waals surface area (Å²) in [5, 5.41) is 3.75. The lowest BCUT2D eigenvalue weighted by molar-refractivity contribution is -0.0894. The second-order valence-corrected chi connectivity index (χ2v) is 4.75. The Morgan fingerprint density at radius 3 is 2.48 bits per heavy atom. The zero-order chi connectivity index (χ0) is 15.6. The van der Waals surface area contributed by atoms with Crippen molar-refractivity contribution in [2.75, 3.05) is 7.11 Å². The van der Waals surface area contributed by atoms with Gasteiger partial charge in [0, 0.05) is 0 Å². The van der Waals surface area contributed by atoms with E-state index in [1.807, 2.05) is 0 Å². The third-order valence-electron chi connectivity index (χ3n) is 2.60. The fraction of sp³-hybridized carbons (Fsp3) is 0.250. The first-order valence-electron chi connectivity index (χ1n) is 5.66. The molecule has 2 aromatic rings. The van der Waals surface area contributed by atoms with Gasteiger partial charge >= 0.3 is 12.0 Å². The SMILES string of the molecule is COc1ccc(Cn2nc(Br)nc2C(=O)C(F)(F)F)cc1. The second kappa shape index (κ2) is 5.84. The Balaban J connectivity index is 2.29. The number of ether oxygens (including phenoxy) is 1. The quantitative estimate of drug-likeness (QED) is 0.783. The van der Waals surface area contributed by atoms with Crippen LogP contribution in [0.2, 0.25) is 0 Å². The van der Waals surface area contributed by atoms with Crippen LogP contribution >= 0.6 is 15.9 Å². The zero-order valence-corrected chi connectivity index (χ0v) is 12.3. The standard InChI is InChI=1S/C12H9BrF3N3O2/c1-21-8-4-2-7(3-5-8)6-19-10(17-11(13)18-19)9(20)12(14,15)16/h2-5H,6H2,1H3. The average molecular weight is 364 g/mol. The van der Waals surface area contributed by atoms with Crippen LogP contribution in [0.25, 0.3) is 0 Å². The average Bonchev–Trinajstić information content (AvgIpc) is 2.78. The summed E-state index contributed by atoms with van der Waals surface area (Å²) in [6.07, 6.45) is -5.00. The molecule has 21 heavy (non-hydrogen) atoms. The number of nitrogens with zero attached hydrogens (tertiary/aromatic N) is 3. The number of halogens is 4. The van der Waals surface area contributed by atoms with Gasteiger partial charge in [-0.1, -0.05) is 12.1 Å². The van der Waals surface area contributed by atoms with Crippen LogP contribution in [0.5, 0.6) is 5.75 Å². The third kappa shape index (κ3) is 3.60. The van der Waals surface area contributed by atoms with Crippen molar-refractivity contribution in [3.63, 3.8) is 0 Å². The van der Waals surface area contributed by atoms with Gasteiger partial charge in [-0.15, -0.1) is 5.10 Å². The van der Waals surface area contributed by atoms with Gasteiger partial charge in [0.1, 0.15) is 5.75 Å². The number of hydrogen-bond acceptors (Lipinski definition) is 4.